The number of carbonyl (C=O) groups is 1. The van der Waals surface area contributed by atoms with Gasteiger partial charge in [-0.15, -0.1) is 10.2 Å². The Balaban J connectivity index is 1.86. The van der Waals surface area contributed by atoms with Crippen molar-refractivity contribution in [2.24, 2.45) is 0 Å². The molecule has 0 unspecified atom stereocenters. The minimum atomic E-state index is -0.0464. The fraction of sp³-hybridized carbons (Fsp3) is 0.250. The Morgan fingerprint density at radius 1 is 1.10 bits per heavy atom. The van der Waals surface area contributed by atoms with E-state index in [1.54, 1.807) is 23.4 Å². The summed E-state index contributed by atoms with van der Waals surface area (Å²) in [4.78, 5) is 17.0. The first-order valence-electron chi connectivity index (χ1n) is 10.2. The van der Waals surface area contributed by atoms with Gasteiger partial charge in [0, 0.05) is 17.3 Å². The van der Waals surface area contributed by atoms with E-state index < -0.39 is 0 Å². The molecular formula is C24H24N6O. The van der Waals surface area contributed by atoms with E-state index in [1.807, 2.05) is 73.6 Å². The van der Waals surface area contributed by atoms with Gasteiger partial charge in [-0.1, -0.05) is 12.1 Å². The molecular weight excluding hydrogens is 388 g/mol. The third kappa shape index (κ3) is 3.68. The first-order chi connectivity index (χ1) is 14.9. The number of hydrogen-bond acceptors (Lipinski definition) is 4. The zero-order valence-corrected chi connectivity index (χ0v) is 18.1. The summed E-state index contributed by atoms with van der Waals surface area (Å²) in [5, 5.41) is 17.6. The number of rotatable bonds is 4. The Bertz CT molecular complexity index is 1200. The highest BCUT2D eigenvalue weighted by molar-refractivity contribution is 5.99. The molecule has 0 atom stereocenters. The molecule has 1 aliphatic heterocycles. The molecule has 2 aromatic carbocycles. The van der Waals surface area contributed by atoms with E-state index in [0.29, 0.717) is 17.9 Å². The van der Waals surface area contributed by atoms with E-state index in [9.17, 15) is 4.79 Å². The minimum absolute atomic E-state index is 0.0257. The summed E-state index contributed by atoms with van der Waals surface area (Å²) in [5.74, 6) is 0.668. The zero-order valence-electron chi connectivity index (χ0n) is 18.1. The van der Waals surface area contributed by atoms with Crippen LogP contribution in [0.4, 0.5) is 10.5 Å². The molecule has 0 fully saturated rings. The lowest BCUT2D eigenvalue weighted by Crippen LogP contribution is -2.51. The number of benzene rings is 2. The van der Waals surface area contributed by atoms with Crippen molar-refractivity contribution in [3.8, 4) is 17.5 Å². The Kier molecular flexibility index (Phi) is 5.30. The maximum absolute atomic E-state index is 13.4. The highest BCUT2D eigenvalue weighted by atomic mass is 16.2. The van der Waals surface area contributed by atoms with Crippen molar-refractivity contribution in [1.82, 2.24) is 19.7 Å². The average molecular weight is 412 g/mol. The average Bonchev–Trinajstić information content (AvgIpc) is 3.23. The number of urea groups is 1. The molecule has 3 aromatic rings. The molecule has 0 saturated carbocycles. The molecule has 0 radical (unpaired) electrons. The Morgan fingerprint density at radius 3 is 2.48 bits per heavy atom. The van der Waals surface area contributed by atoms with Crippen LogP contribution < -0.4 is 4.90 Å². The molecule has 1 aliphatic rings. The van der Waals surface area contributed by atoms with Gasteiger partial charge >= 0.3 is 6.03 Å². The molecule has 156 valence electrons. The van der Waals surface area contributed by atoms with Crippen LogP contribution in [0.5, 0.6) is 0 Å². The summed E-state index contributed by atoms with van der Waals surface area (Å²) in [6.07, 6.45) is 1.68. The second-order valence-corrected chi connectivity index (χ2v) is 7.92. The summed E-state index contributed by atoms with van der Waals surface area (Å²) >= 11 is 0. The number of nitrogens with zero attached hydrogens (tertiary/aromatic N) is 6. The highest BCUT2D eigenvalue weighted by Crippen LogP contribution is 2.32. The number of allylic oxidation sites excluding steroid dienone is 1. The number of nitriles is 1. The maximum Gasteiger partial charge on any atom is 0.329 e. The lowest BCUT2D eigenvalue weighted by Gasteiger charge is -2.40. The summed E-state index contributed by atoms with van der Waals surface area (Å²) in [6.45, 7) is 8.44. The first kappa shape index (κ1) is 20.4. The summed E-state index contributed by atoms with van der Waals surface area (Å²) < 4.78 is 1.93. The summed E-state index contributed by atoms with van der Waals surface area (Å²) in [7, 11) is 0. The second kappa shape index (κ2) is 8.07. The number of carbonyl (C=O) groups excluding carboxylic acids is 1. The van der Waals surface area contributed by atoms with Crippen molar-refractivity contribution >= 4 is 17.4 Å². The van der Waals surface area contributed by atoms with Crippen LogP contribution in [-0.4, -0.2) is 38.3 Å². The molecule has 1 aromatic heterocycles. The van der Waals surface area contributed by atoms with Crippen LogP contribution >= 0.6 is 0 Å². The number of aryl methyl sites for hydroxylation is 1. The number of hydrogen-bond donors (Lipinski definition) is 0. The van der Waals surface area contributed by atoms with Gasteiger partial charge < -0.3 is 4.90 Å². The molecule has 0 aliphatic carbocycles. The van der Waals surface area contributed by atoms with Crippen LogP contribution in [0, 0.1) is 18.3 Å². The van der Waals surface area contributed by atoms with Crippen molar-refractivity contribution in [1.29, 1.82) is 5.26 Å². The third-order valence-electron chi connectivity index (χ3n) is 5.50. The third-order valence-corrected chi connectivity index (χ3v) is 5.50. The summed E-state index contributed by atoms with van der Waals surface area (Å²) in [6, 6.07) is 17.3. The van der Waals surface area contributed by atoms with Crippen molar-refractivity contribution < 1.29 is 4.79 Å². The van der Waals surface area contributed by atoms with Crippen LogP contribution in [-0.2, 0) is 0 Å². The van der Waals surface area contributed by atoms with Crippen LogP contribution in [0.15, 0.2) is 60.6 Å². The van der Waals surface area contributed by atoms with Gasteiger partial charge in [-0.3, -0.25) is 9.47 Å². The molecule has 7 nitrogen and oxygen atoms in total. The molecule has 0 spiro atoms. The van der Waals surface area contributed by atoms with Gasteiger partial charge in [-0.25, -0.2) is 4.79 Å². The van der Waals surface area contributed by atoms with Crippen LogP contribution in [0.2, 0.25) is 0 Å². The molecule has 0 N–H and O–H groups in total. The monoisotopic (exact) mass is 412 g/mol. The van der Waals surface area contributed by atoms with Crippen molar-refractivity contribution in [2.45, 2.75) is 33.7 Å². The van der Waals surface area contributed by atoms with Gasteiger partial charge in [0.05, 0.1) is 29.6 Å². The van der Waals surface area contributed by atoms with Gasteiger partial charge in [0.1, 0.15) is 6.33 Å². The Morgan fingerprint density at radius 2 is 1.84 bits per heavy atom. The van der Waals surface area contributed by atoms with Crippen LogP contribution in [0.3, 0.4) is 0 Å². The molecule has 0 bridgehead atoms. The predicted octanol–water partition coefficient (Wildman–Crippen LogP) is 4.66. The lowest BCUT2D eigenvalue weighted by atomic mass is 10.1. The van der Waals surface area contributed by atoms with Gasteiger partial charge in [-0.2, -0.15) is 5.26 Å². The molecule has 2 amide bonds. The zero-order chi connectivity index (χ0) is 22.1. The molecule has 31 heavy (non-hydrogen) atoms. The van der Waals surface area contributed by atoms with E-state index in [0.717, 1.165) is 28.2 Å². The fourth-order valence-electron chi connectivity index (χ4n) is 3.79. The quantitative estimate of drug-likeness (QED) is 0.624. The maximum atomic E-state index is 13.4. The first-order valence-corrected chi connectivity index (χ1v) is 10.2. The minimum Gasteiger partial charge on any atom is -0.316 e. The van der Waals surface area contributed by atoms with E-state index in [2.05, 4.69) is 16.3 Å². The van der Waals surface area contributed by atoms with Gasteiger partial charge in [-0.05, 0) is 69.7 Å². The van der Waals surface area contributed by atoms with Gasteiger partial charge in [0.15, 0.2) is 5.82 Å². The molecule has 7 heteroatoms. The van der Waals surface area contributed by atoms with Crippen molar-refractivity contribution in [2.75, 3.05) is 11.4 Å². The van der Waals surface area contributed by atoms with Gasteiger partial charge in [0.25, 0.3) is 0 Å². The lowest BCUT2D eigenvalue weighted by molar-refractivity contribution is 0.196. The van der Waals surface area contributed by atoms with E-state index >= 15 is 0 Å². The largest absolute Gasteiger partial charge is 0.329 e. The Hall–Kier alpha value is -3.92. The molecule has 0 saturated heterocycles. The normalized spacial score (nSPS) is 14.4. The number of aromatic nitrogens is 3. The van der Waals surface area contributed by atoms with Crippen molar-refractivity contribution in [3.63, 3.8) is 0 Å². The smallest absolute Gasteiger partial charge is 0.316 e. The van der Waals surface area contributed by atoms with E-state index in [4.69, 9.17) is 5.26 Å². The molecule has 2 heterocycles. The van der Waals surface area contributed by atoms with Crippen molar-refractivity contribution in [3.05, 3.63) is 71.7 Å². The molecule has 4 rings (SSSR count). The number of amides is 2. The Labute approximate surface area is 181 Å². The van der Waals surface area contributed by atoms with Gasteiger partial charge in [0.2, 0.25) is 0 Å². The predicted molar refractivity (Wildman–Crippen MR) is 120 cm³/mol. The second-order valence-electron chi connectivity index (χ2n) is 7.92. The SMILES string of the molecule is CC1=C(n2cnnc2-c2ccc(C#N)cc2)CN(C(C)C)C(=O)N1c1cccc(C)c1. The highest BCUT2D eigenvalue weighted by Gasteiger charge is 2.34. The van der Waals surface area contributed by atoms with Crippen LogP contribution in [0.25, 0.3) is 17.1 Å². The van der Waals surface area contributed by atoms with E-state index in [-0.39, 0.29) is 12.1 Å². The standard InChI is InChI=1S/C24H24N6O/c1-16(2)28-14-22(18(4)30(24(28)31)21-7-5-6-17(3)12-21)29-15-26-27-23(29)20-10-8-19(13-25)9-11-20/h5-12,15-16H,14H2,1-4H3. The summed E-state index contributed by atoms with van der Waals surface area (Å²) in [5.41, 5.74) is 5.13. The fourth-order valence-corrected chi connectivity index (χ4v) is 3.79. The topological polar surface area (TPSA) is 78.0 Å². The number of anilines is 1. The van der Waals surface area contributed by atoms with Crippen LogP contribution in [0.1, 0.15) is 31.9 Å². The van der Waals surface area contributed by atoms with E-state index in [1.165, 1.54) is 0 Å².